The summed E-state index contributed by atoms with van der Waals surface area (Å²) in [5, 5.41) is 6.21. The van der Waals surface area contributed by atoms with E-state index in [0.29, 0.717) is 12.6 Å². The van der Waals surface area contributed by atoms with Gasteiger partial charge in [0.05, 0.1) is 6.54 Å². The Morgan fingerprint density at radius 3 is 3.11 bits per heavy atom. The molecule has 1 saturated heterocycles. The van der Waals surface area contributed by atoms with Gasteiger partial charge in [-0.05, 0) is 38.2 Å². The van der Waals surface area contributed by atoms with E-state index in [1.807, 2.05) is 31.3 Å². The minimum atomic E-state index is 0.0301. The summed E-state index contributed by atoms with van der Waals surface area (Å²) in [5.74, 6) is 0.0301. The fraction of sp³-hybridized carbons (Fsp3) is 0.462. The quantitative estimate of drug-likeness (QED) is 0.889. The molecule has 1 atom stereocenters. The second-order valence-corrected chi connectivity index (χ2v) is 5.54. The van der Waals surface area contributed by atoms with Crippen molar-refractivity contribution in [1.82, 2.24) is 10.2 Å². The van der Waals surface area contributed by atoms with Crippen molar-refractivity contribution in [3.8, 4) is 0 Å². The van der Waals surface area contributed by atoms with Gasteiger partial charge in [-0.2, -0.15) is 0 Å². The van der Waals surface area contributed by atoms with E-state index in [1.165, 1.54) is 0 Å². The van der Waals surface area contributed by atoms with Gasteiger partial charge in [-0.3, -0.25) is 9.69 Å². The highest BCUT2D eigenvalue weighted by atomic mass is 79.9. The van der Waals surface area contributed by atoms with Crippen molar-refractivity contribution in [3.05, 3.63) is 28.7 Å². The molecule has 0 aliphatic carbocycles. The first-order chi connectivity index (χ1) is 8.65. The predicted octanol–water partition coefficient (Wildman–Crippen LogP) is 1.68. The Morgan fingerprint density at radius 1 is 1.61 bits per heavy atom. The second-order valence-electron chi connectivity index (χ2n) is 4.62. The van der Waals surface area contributed by atoms with Crippen LogP contribution in [0.5, 0.6) is 0 Å². The molecule has 0 aromatic heterocycles. The first kappa shape index (κ1) is 13.5. The smallest absolute Gasteiger partial charge is 0.238 e. The van der Waals surface area contributed by atoms with Gasteiger partial charge in [-0.15, -0.1) is 0 Å². The highest BCUT2D eigenvalue weighted by Crippen LogP contribution is 2.15. The number of likely N-dealkylation sites (N-methyl/N-ethyl adjacent to an activating group) is 1. The SMILES string of the molecule is CN(CC(=O)Nc1cccc(Br)c1)C1CCNC1. The van der Waals surface area contributed by atoms with Crippen LogP contribution >= 0.6 is 15.9 Å². The van der Waals surface area contributed by atoms with E-state index in [4.69, 9.17) is 0 Å². The molecule has 5 heteroatoms. The number of anilines is 1. The molecule has 0 bridgehead atoms. The zero-order valence-corrected chi connectivity index (χ0v) is 12.0. The summed E-state index contributed by atoms with van der Waals surface area (Å²) in [7, 11) is 2.00. The highest BCUT2D eigenvalue weighted by molar-refractivity contribution is 9.10. The Hall–Kier alpha value is -0.910. The first-order valence-electron chi connectivity index (χ1n) is 6.11. The van der Waals surface area contributed by atoms with Crippen LogP contribution in [0.3, 0.4) is 0 Å². The molecule has 18 heavy (non-hydrogen) atoms. The summed E-state index contributed by atoms with van der Waals surface area (Å²) in [5.41, 5.74) is 0.826. The molecule has 2 N–H and O–H groups in total. The Kier molecular flexibility index (Phi) is 4.74. The zero-order chi connectivity index (χ0) is 13.0. The molecule has 1 aliphatic heterocycles. The van der Waals surface area contributed by atoms with E-state index < -0.39 is 0 Å². The third-order valence-electron chi connectivity index (χ3n) is 3.16. The number of rotatable bonds is 4. The maximum absolute atomic E-state index is 11.9. The van der Waals surface area contributed by atoms with Crippen LogP contribution in [0.2, 0.25) is 0 Å². The van der Waals surface area contributed by atoms with Crippen LogP contribution in [0.15, 0.2) is 28.7 Å². The van der Waals surface area contributed by atoms with Crippen LogP contribution in [-0.2, 0) is 4.79 Å². The van der Waals surface area contributed by atoms with E-state index in [9.17, 15) is 4.79 Å². The molecule has 1 aromatic rings. The first-order valence-corrected chi connectivity index (χ1v) is 6.91. The minimum absolute atomic E-state index is 0.0301. The van der Waals surface area contributed by atoms with Crippen molar-refractivity contribution in [3.63, 3.8) is 0 Å². The van der Waals surface area contributed by atoms with Crippen LogP contribution in [-0.4, -0.2) is 43.5 Å². The average molecular weight is 312 g/mol. The molecule has 98 valence electrons. The van der Waals surface area contributed by atoms with Crippen LogP contribution in [0, 0.1) is 0 Å². The van der Waals surface area contributed by atoms with Gasteiger partial charge in [0.1, 0.15) is 0 Å². The van der Waals surface area contributed by atoms with E-state index >= 15 is 0 Å². The molecule has 1 amide bonds. The molecular formula is C13H18BrN3O. The maximum Gasteiger partial charge on any atom is 0.238 e. The van der Waals surface area contributed by atoms with Crippen molar-refractivity contribution >= 4 is 27.5 Å². The number of amides is 1. The van der Waals surface area contributed by atoms with Gasteiger partial charge in [0.2, 0.25) is 5.91 Å². The number of halogens is 1. The van der Waals surface area contributed by atoms with Crippen LogP contribution in [0.1, 0.15) is 6.42 Å². The van der Waals surface area contributed by atoms with E-state index in [0.717, 1.165) is 29.7 Å². The van der Waals surface area contributed by atoms with Crippen LogP contribution in [0.25, 0.3) is 0 Å². The molecule has 1 fully saturated rings. The molecule has 1 heterocycles. The molecule has 1 unspecified atom stereocenters. The largest absolute Gasteiger partial charge is 0.325 e. The second kappa shape index (κ2) is 6.31. The highest BCUT2D eigenvalue weighted by Gasteiger charge is 2.20. The standard InChI is InChI=1S/C13H18BrN3O/c1-17(12-5-6-15-8-12)9-13(18)16-11-4-2-3-10(14)7-11/h2-4,7,12,15H,5-6,8-9H2,1H3,(H,16,18). The average Bonchev–Trinajstić information content (AvgIpc) is 2.81. The topological polar surface area (TPSA) is 44.4 Å². The summed E-state index contributed by atoms with van der Waals surface area (Å²) in [6.07, 6.45) is 1.11. The lowest BCUT2D eigenvalue weighted by molar-refractivity contribution is -0.117. The Morgan fingerprint density at radius 2 is 2.44 bits per heavy atom. The predicted molar refractivity (Wildman–Crippen MR) is 76.7 cm³/mol. The molecule has 1 aliphatic rings. The van der Waals surface area contributed by atoms with Crippen molar-refractivity contribution in [1.29, 1.82) is 0 Å². The number of benzene rings is 1. The van der Waals surface area contributed by atoms with Crippen molar-refractivity contribution in [2.75, 3.05) is 32.0 Å². The number of hydrogen-bond donors (Lipinski definition) is 2. The normalized spacial score (nSPS) is 19.2. The molecular weight excluding hydrogens is 294 g/mol. The van der Waals surface area contributed by atoms with Gasteiger partial charge in [0.25, 0.3) is 0 Å². The van der Waals surface area contributed by atoms with Gasteiger partial charge in [0, 0.05) is 22.7 Å². The Labute approximate surface area is 116 Å². The summed E-state index contributed by atoms with van der Waals surface area (Å²) in [6, 6.07) is 8.10. The van der Waals surface area contributed by atoms with Gasteiger partial charge >= 0.3 is 0 Å². The maximum atomic E-state index is 11.9. The van der Waals surface area contributed by atoms with E-state index in [2.05, 4.69) is 31.5 Å². The summed E-state index contributed by atoms with van der Waals surface area (Å²) >= 11 is 3.39. The lowest BCUT2D eigenvalue weighted by Gasteiger charge is -2.22. The fourth-order valence-corrected chi connectivity index (χ4v) is 2.54. The van der Waals surface area contributed by atoms with Crippen molar-refractivity contribution in [2.24, 2.45) is 0 Å². The Bertz CT molecular complexity index is 418. The van der Waals surface area contributed by atoms with Gasteiger partial charge in [0.15, 0.2) is 0 Å². The number of nitrogens with zero attached hydrogens (tertiary/aromatic N) is 1. The number of carbonyl (C=O) groups is 1. The molecule has 0 radical (unpaired) electrons. The van der Waals surface area contributed by atoms with Crippen molar-refractivity contribution in [2.45, 2.75) is 12.5 Å². The number of hydrogen-bond acceptors (Lipinski definition) is 3. The molecule has 4 nitrogen and oxygen atoms in total. The van der Waals surface area contributed by atoms with Crippen LogP contribution in [0.4, 0.5) is 5.69 Å². The number of nitrogens with one attached hydrogen (secondary N) is 2. The monoisotopic (exact) mass is 311 g/mol. The third kappa shape index (κ3) is 3.80. The molecule has 0 spiro atoms. The van der Waals surface area contributed by atoms with E-state index in [1.54, 1.807) is 0 Å². The van der Waals surface area contributed by atoms with Gasteiger partial charge in [-0.25, -0.2) is 0 Å². The lowest BCUT2D eigenvalue weighted by atomic mass is 10.2. The molecule has 1 aromatic carbocycles. The lowest BCUT2D eigenvalue weighted by Crippen LogP contribution is -2.39. The van der Waals surface area contributed by atoms with Gasteiger partial charge < -0.3 is 10.6 Å². The Balaban J connectivity index is 1.84. The summed E-state index contributed by atoms with van der Waals surface area (Å²) in [4.78, 5) is 14.0. The zero-order valence-electron chi connectivity index (χ0n) is 10.4. The number of carbonyl (C=O) groups excluding carboxylic acids is 1. The van der Waals surface area contributed by atoms with E-state index in [-0.39, 0.29) is 5.91 Å². The van der Waals surface area contributed by atoms with Gasteiger partial charge in [-0.1, -0.05) is 22.0 Å². The van der Waals surface area contributed by atoms with Crippen LogP contribution < -0.4 is 10.6 Å². The summed E-state index contributed by atoms with van der Waals surface area (Å²) < 4.78 is 0.966. The van der Waals surface area contributed by atoms with Crippen molar-refractivity contribution < 1.29 is 4.79 Å². The minimum Gasteiger partial charge on any atom is -0.325 e. The molecule has 0 saturated carbocycles. The third-order valence-corrected chi connectivity index (χ3v) is 3.65. The summed E-state index contributed by atoms with van der Waals surface area (Å²) in [6.45, 7) is 2.45. The fourth-order valence-electron chi connectivity index (χ4n) is 2.14. The molecule has 2 rings (SSSR count).